The number of hydrogen-bond acceptors (Lipinski definition) is 8. The number of anilines is 2. The quantitative estimate of drug-likeness (QED) is 0.289. The molecule has 0 radical (unpaired) electrons. The van der Waals surface area contributed by atoms with Crippen LogP contribution in [0.4, 0.5) is 11.4 Å². The van der Waals surface area contributed by atoms with Crippen LogP contribution in [-0.2, 0) is 16.1 Å². The summed E-state index contributed by atoms with van der Waals surface area (Å²) >= 11 is 0. The van der Waals surface area contributed by atoms with Crippen molar-refractivity contribution >= 4 is 11.4 Å². The van der Waals surface area contributed by atoms with Crippen molar-refractivity contribution in [1.82, 2.24) is 5.32 Å². The van der Waals surface area contributed by atoms with Gasteiger partial charge in [-0.05, 0) is 66.9 Å². The number of hydrogen-bond donors (Lipinski definition) is 1. The second kappa shape index (κ2) is 14.3. The Bertz CT molecular complexity index is 1320. The summed E-state index contributed by atoms with van der Waals surface area (Å²) in [7, 11) is 3.47. The maximum atomic E-state index is 6.58. The van der Waals surface area contributed by atoms with Crippen LogP contribution in [0.3, 0.4) is 0 Å². The monoisotopic (exact) mass is 587 g/mol. The molecule has 2 fully saturated rings. The fourth-order valence-electron chi connectivity index (χ4n) is 6.48. The first-order chi connectivity index (χ1) is 21.2. The lowest BCUT2D eigenvalue weighted by atomic mass is 9.87. The van der Waals surface area contributed by atoms with Crippen molar-refractivity contribution in [2.45, 2.75) is 44.0 Å². The highest BCUT2D eigenvalue weighted by atomic mass is 16.5. The topological polar surface area (TPSA) is 64.7 Å². The Morgan fingerprint density at radius 2 is 1.86 bits per heavy atom. The number of rotatable bonds is 12. The van der Waals surface area contributed by atoms with Crippen LogP contribution in [0.2, 0.25) is 0 Å². The van der Waals surface area contributed by atoms with E-state index in [2.05, 4.69) is 69.7 Å². The summed E-state index contributed by atoms with van der Waals surface area (Å²) in [6, 6.07) is 23.4. The van der Waals surface area contributed by atoms with Crippen molar-refractivity contribution in [2.75, 3.05) is 76.5 Å². The summed E-state index contributed by atoms with van der Waals surface area (Å²) in [5, 5.41) is 3.54. The van der Waals surface area contributed by atoms with Crippen LogP contribution < -0.4 is 29.3 Å². The van der Waals surface area contributed by atoms with Gasteiger partial charge in [0.1, 0.15) is 30.0 Å². The summed E-state index contributed by atoms with van der Waals surface area (Å²) in [6.45, 7) is 7.63. The normalized spacial score (nSPS) is 21.8. The van der Waals surface area contributed by atoms with E-state index >= 15 is 0 Å². The van der Waals surface area contributed by atoms with Crippen molar-refractivity contribution < 1.29 is 23.7 Å². The predicted molar refractivity (Wildman–Crippen MR) is 170 cm³/mol. The molecule has 8 heteroatoms. The zero-order valence-corrected chi connectivity index (χ0v) is 25.5. The van der Waals surface area contributed by atoms with Crippen molar-refractivity contribution in [1.29, 1.82) is 0 Å². The molecule has 0 bridgehead atoms. The summed E-state index contributed by atoms with van der Waals surface area (Å²) in [5.74, 6) is 3.11. The number of nitrogens with one attached hydrogen (secondary N) is 1. The van der Waals surface area contributed by atoms with Gasteiger partial charge in [0.25, 0.3) is 0 Å². The average Bonchev–Trinajstić information content (AvgIpc) is 3.53. The number of piperidine rings is 1. The van der Waals surface area contributed by atoms with Gasteiger partial charge in [0.15, 0.2) is 0 Å². The SMILES string of the molecule is COCCCN1CCOc2ccc(CO[C@H]3CNCC[C@@H]3c3ccc(O[C@H]4CCN(c5cccc(OC)c5)C4)cc3)cc21. The number of ether oxygens (including phenoxy) is 5. The van der Waals surface area contributed by atoms with Gasteiger partial charge < -0.3 is 38.8 Å². The molecule has 3 heterocycles. The van der Waals surface area contributed by atoms with E-state index in [0.29, 0.717) is 12.5 Å². The minimum absolute atomic E-state index is 0.108. The highest BCUT2D eigenvalue weighted by Gasteiger charge is 2.28. The molecule has 1 N–H and O–H groups in total. The van der Waals surface area contributed by atoms with Gasteiger partial charge in [-0.3, -0.25) is 0 Å². The molecule has 0 saturated carbocycles. The molecule has 0 amide bonds. The van der Waals surface area contributed by atoms with Crippen LogP contribution in [0, 0.1) is 0 Å². The lowest BCUT2D eigenvalue weighted by Gasteiger charge is -2.33. The Balaban J connectivity index is 1.04. The third-order valence-corrected chi connectivity index (χ3v) is 8.82. The van der Waals surface area contributed by atoms with Crippen molar-refractivity contribution in [3.63, 3.8) is 0 Å². The molecule has 3 aliphatic heterocycles. The molecule has 3 aromatic rings. The molecular formula is C35H45N3O5. The minimum atomic E-state index is 0.108. The largest absolute Gasteiger partial charge is 0.497 e. The Labute approximate surface area is 255 Å². The molecule has 3 atom stereocenters. The Hall–Kier alpha value is -3.46. The molecule has 43 heavy (non-hydrogen) atoms. The number of methoxy groups -OCH3 is 2. The van der Waals surface area contributed by atoms with E-state index in [9.17, 15) is 0 Å². The number of fused-ring (bicyclic) bond motifs is 1. The van der Waals surface area contributed by atoms with E-state index < -0.39 is 0 Å². The van der Waals surface area contributed by atoms with Gasteiger partial charge in [0, 0.05) is 57.4 Å². The Morgan fingerprint density at radius 1 is 0.953 bits per heavy atom. The first kappa shape index (κ1) is 29.6. The fourth-order valence-corrected chi connectivity index (χ4v) is 6.48. The van der Waals surface area contributed by atoms with Gasteiger partial charge in [-0.15, -0.1) is 0 Å². The van der Waals surface area contributed by atoms with Crippen molar-refractivity contribution in [3.8, 4) is 17.2 Å². The predicted octanol–water partition coefficient (Wildman–Crippen LogP) is 5.25. The molecule has 0 aliphatic carbocycles. The molecule has 3 aliphatic rings. The summed E-state index contributed by atoms with van der Waals surface area (Å²) < 4.78 is 29.6. The zero-order chi connectivity index (χ0) is 29.4. The van der Waals surface area contributed by atoms with E-state index in [4.69, 9.17) is 23.7 Å². The summed E-state index contributed by atoms with van der Waals surface area (Å²) in [6.07, 6.45) is 3.33. The van der Waals surface area contributed by atoms with Gasteiger partial charge in [0.05, 0.1) is 38.6 Å². The molecule has 0 unspecified atom stereocenters. The smallest absolute Gasteiger partial charge is 0.142 e. The van der Waals surface area contributed by atoms with Crippen LogP contribution >= 0.6 is 0 Å². The van der Waals surface area contributed by atoms with E-state index in [-0.39, 0.29) is 12.2 Å². The van der Waals surface area contributed by atoms with E-state index in [1.807, 2.05) is 12.1 Å². The maximum absolute atomic E-state index is 6.58. The van der Waals surface area contributed by atoms with Crippen LogP contribution in [0.15, 0.2) is 66.7 Å². The number of benzene rings is 3. The van der Waals surface area contributed by atoms with Crippen LogP contribution in [-0.4, -0.2) is 78.9 Å². The number of nitrogens with zero attached hydrogens (tertiary/aromatic N) is 2. The van der Waals surface area contributed by atoms with Crippen molar-refractivity contribution in [3.05, 3.63) is 77.9 Å². The minimum Gasteiger partial charge on any atom is -0.497 e. The third kappa shape index (κ3) is 7.37. The lowest BCUT2D eigenvalue weighted by molar-refractivity contribution is 0.0106. The second-order valence-corrected chi connectivity index (χ2v) is 11.7. The second-order valence-electron chi connectivity index (χ2n) is 11.7. The third-order valence-electron chi connectivity index (χ3n) is 8.82. The Morgan fingerprint density at radius 3 is 2.72 bits per heavy atom. The molecular weight excluding hydrogens is 542 g/mol. The Kier molecular flexibility index (Phi) is 9.87. The maximum Gasteiger partial charge on any atom is 0.142 e. The van der Waals surface area contributed by atoms with Crippen LogP contribution in [0.5, 0.6) is 17.2 Å². The van der Waals surface area contributed by atoms with Crippen LogP contribution in [0.25, 0.3) is 0 Å². The van der Waals surface area contributed by atoms with Gasteiger partial charge >= 0.3 is 0 Å². The highest BCUT2D eigenvalue weighted by molar-refractivity contribution is 5.61. The molecule has 0 aromatic heterocycles. The molecule has 0 spiro atoms. The lowest BCUT2D eigenvalue weighted by Crippen LogP contribution is -2.41. The van der Waals surface area contributed by atoms with E-state index in [1.165, 1.54) is 16.8 Å². The van der Waals surface area contributed by atoms with Gasteiger partial charge in [-0.2, -0.15) is 0 Å². The molecule has 2 saturated heterocycles. The average molecular weight is 588 g/mol. The highest BCUT2D eigenvalue weighted by Crippen LogP contribution is 2.34. The first-order valence-electron chi connectivity index (χ1n) is 15.7. The van der Waals surface area contributed by atoms with E-state index in [1.54, 1.807) is 14.2 Å². The summed E-state index contributed by atoms with van der Waals surface area (Å²) in [4.78, 5) is 4.77. The van der Waals surface area contributed by atoms with Gasteiger partial charge in [0.2, 0.25) is 0 Å². The van der Waals surface area contributed by atoms with Crippen LogP contribution in [0.1, 0.15) is 36.3 Å². The zero-order valence-electron chi connectivity index (χ0n) is 25.5. The van der Waals surface area contributed by atoms with Crippen molar-refractivity contribution in [2.24, 2.45) is 0 Å². The molecule has 3 aromatic carbocycles. The molecule has 8 nitrogen and oxygen atoms in total. The van der Waals surface area contributed by atoms with E-state index in [0.717, 1.165) is 94.7 Å². The van der Waals surface area contributed by atoms with Gasteiger partial charge in [-0.1, -0.05) is 24.3 Å². The molecule has 230 valence electrons. The molecule has 6 rings (SSSR count). The van der Waals surface area contributed by atoms with Gasteiger partial charge in [-0.25, -0.2) is 0 Å². The summed E-state index contributed by atoms with van der Waals surface area (Å²) in [5.41, 5.74) is 4.83. The fraction of sp³-hybridized carbons (Fsp3) is 0.486. The standard InChI is InChI=1S/C35H45N3O5/c1-39-19-4-16-37-18-20-41-34-12-7-26(21-33(34)37)25-42-35-23-36-15-13-32(35)27-8-10-29(11-9-27)43-31-14-17-38(24-31)28-5-3-6-30(22-28)40-2/h3,5-12,21-22,31-32,35-36H,4,13-20,23-25H2,1-2H3/t31-,32+,35-/m0/s1. The first-order valence-corrected chi connectivity index (χ1v) is 15.7.